The number of rotatable bonds is 3. The van der Waals surface area contributed by atoms with E-state index in [-0.39, 0.29) is 11.4 Å². The molecular weight excluding hydrogens is 298 g/mol. The molecule has 0 fully saturated rings. The van der Waals surface area contributed by atoms with Crippen LogP contribution in [0.4, 0.5) is 0 Å². The third-order valence-corrected chi connectivity index (χ3v) is 3.09. The van der Waals surface area contributed by atoms with Gasteiger partial charge >= 0.3 is 10.8 Å². The number of nitrogens with zero attached hydrogens (tertiary/aromatic N) is 1. The summed E-state index contributed by atoms with van der Waals surface area (Å²) >= 11 is 4.09. The lowest BCUT2D eigenvalue weighted by Crippen LogP contribution is -2.19. The highest BCUT2D eigenvalue weighted by atomic mass is 79.9. The molecule has 7 heteroatoms. The van der Waals surface area contributed by atoms with Gasteiger partial charge in [0.05, 0.1) is 5.69 Å². The van der Waals surface area contributed by atoms with Crippen molar-refractivity contribution < 1.29 is 14.3 Å². The molecule has 2 rings (SSSR count). The maximum Gasteiger partial charge on any atom is 0.323 e. The van der Waals surface area contributed by atoms with Crippen LogP contribution in [0.2, 0.25) is 0 Å². The number of carbonyl (C=O) groups is 1. The van der Waals surface area contributed by atoms with Gasteiger partial charge in [0.25, 0.3) is 0 Å². The molecule has 0 saturated carbocycles. The van der Waals surface area contributed by atoms with Crippen molar-refractivity contribution in [3.8, 4) is 11.5 Å². The maximum absolute atomic E-state index is 11.4. The van der Waals surface area contributed by atoms with Gasteiger partial charge in [0.15, 0.2) is 10.4 Å². The van der Waals surface area contributed by atoms with Crippen LogP contribution in [-0.2, 0) is 11.3 Å². The Kier molecular flexibility index (Phi) is 2.97. The van der Waals surface area contributed by atoms with Gasteiger partial charge in [-0.05, 0) is 28.1 Å². The Balaban J connectivity index is 2.49. The Bertz CT molecular complexity index is 582. The summed E-state index contributed by atoms with van der Waals surface area (Å²) < 4.78 is 6.97. The Hall–Kier alpha value is -1.34. The van der Waals surface area contributed by atoms with E-state index >= 15 is 0 Å². The molecule has 2 heterocycles. The fourth-order valence-electron chi connectivity index (χ4n) is 1.26. The molecule has 0 saturated heterocycles. The van der Waals surface area contributed by atoms with Crippen LogP contribution in [-0.4, -0.2) is 15.6 Å². The highest BCUT2D eigenvalue weighted by Gasteiger charge is 2.14. The predicted octanol–water partition coefficient (Wildman–Crippen LogP) is 2.02. The van der Waals surface area contributed by atoms with Crippen molar-refractivity contribution in [2.75, 3.05) is 0 Å². The normalized spacial score (nSPS) is 10.6. The van der Waals surface area contributed by atoms with Crippen molar-refractivity contribution in [3.05, 3.63) is 31.8 Å². The third kappa shape index (κ3) is 2.10. The van der Waals surface area contributed by atoms with Gasteiger partial charge in [0.2, 0.25) is 0 Å². The van der Waals surface area contributed by atoms with Gasteiger partial charge in [-0.3, -0.25) is 14.2 Å². The molecular formula is C9H6BrNO4S. The molecule has 0 bridgehead atoms. The second kappa shape index (κ2) is 4.26. The van der Waals surface area contributed by atoms with Gasteiger partial charge in [-0.25, -0.2) is 0 Å². The first-order chi connectivity index (χ1) is 7.58. The van der Waals surface area contributed by atoms with E-state index in [9.17, 15) is 9.59 Å². The van der Waals surface area contributed by atoms with E-state index in [1.807, 2.05) is 0 Å². The third-order valence-electron chi connectivity index (χ3n) is 1.90. The van der Waals surface area contributed by atoms with E-state index in [1.54, 1.807) is 17.5 Å². The Morgan fingerprint density at radius 3 is 2.88 bits per heavy atom. The van der Waals surface area contributed by atoms with Gasteiger partial charge in [-0.2, -0.15) is 0 Å². The number of hydrogen-bond acceptors (Lipinski definition) is 4. The second-order valence-corrected chi connectivity index (χ2v) is 4.57. The van der Waals surface area contributed by atoms with E-state index in [2.05, 4.69) is 15.9 Å². The van der Waals surface area contributed by atoms with Crippen LogP contribution in [0.5, 0.6) is 0 Å². The number of thiazole rings is 1. The molecule has 0 spiro atoms. The van der Waals surface area contributed by atoms with Gasteiger partial charge < -0.3 is 9.52 Å². The monoisotopic (exact) mass is 303 g/mol. The molecule has 0 amide bonds. The smallest absolute Gasteiger partial charge is 0.323 e. The van der Waals surface area contributed by atoms with E-state index in [4.69, 9.17) is 9.52 Å². The Labute approximate surface area is 102 Å². The van der Waals surface area contributed by atoms with E-state index in [0.717, 1.165) is 15.9 Å². The van der Waals surface area contributed by atoms with Crippen LogP contribution >= 0.6 is 27.3 Å². The first-order valence-electron chi connectivity index (χ1n) is 4.24. The number of aliphatic carboxylic acids is 1. The second-order valence-electron chi connectivity index (χ2n) is 2.97. The van der Waals surface area contributed by atoms with E-state index in [1.165, 1.54) is 0 Å². The van der Waals surface area contributed by atoms with Crippen molar-refractivity contribution in [2.24, 2.45) is 0 Å². The molecule has 0 aliphatic rings. The Morgan fingerprint density at radius 1 is 1.56 bits per heavy atom. The van der Waals surface area contributed by atoms with E-state index in [0.29, 0.717) is 16.1 Å². The SMILES string of the molecule is O=C(O)Cn1c(-c2ccc(Br)o2)csc1=O. The highest BCUT2D eigenvalue weighted by Crippen LogP contribution is 2.25. The van der Waals surface area contributed by atoms with Crippen molar-refractivity contribution in [1.82, 2.24) is 4.57 Å². The minimum absolute atomic E-state index is 0.315. The number of carboxylic acids is 1. The number of halogens is 1. The number of aromatic nitrogens is 1. The lowest BCUT2D eigenvalue weighted by molar-refractivity contribution is -0.137. The molecule has 0 aliphatic carbocycles. The summed E-state index contributed by atoms with van der Waals surface area (Å²) in [7, 11) is 0. The topological polar surface area (TPSA) is 72.4 Å². The predicted molar refractivity (Wildman–Crippen MR) is 61.6 cm³/mol. The fraction of sp³-hybridized carbons (Fsp3) is 0.111. The zero-order valence-electron chi connectivity index (χ0n) is 7.84. The molecule has 2 aromatic heterocycles. The number of carboxylic acid groups (broad SMARTS) is 1. The minimum Gasteiger partial charge on any atom is -0.480 e. The number of furan rings is 1. The van der Waals surface area contributed by atoms with Gasteiger partial charge in [0, 0.05) is 5.38 Å². The lowest BCUT2D eigenvalue weighted by Gasteiger charge is -2.01. The largest absolute Gasteiger partial charge is 0.480 e. The standard InChI is InChI=1S/C9H6BrNO4S/c10-7-2-1-6(15-7)5-4-16-9(14)11(5)3-8(12)13/h1-2,4H,3H2,(H,12,13). The number of hydrogen-bond donors (Lipinski definition) is 1. The summed E-state index contributed by atoms with van der Waals surface area (Å²) in [4.78, 5) is 21.7. The maximum atomic E-state index is 11.4. The first-order valence-corrected chi connectivity index (χ1v) is 5.91. The zero-order valence-corrected chi connectivity index (χ0v) is 10.2. The Morgan fingerprint density at radius 2 is 2.31 bits per heavy atom. The van der Waals surface area contributed by atoms with Crippen LogP contribution < -0.4 is 4.87 Å². The highest BCUT2D eigenvalue weighted by molar-refractivity contribution is 9.10. The average molecular weight is 304 g/mol. The molecule has 84 valence electrons. The summed E-state index contributed by atoms with van der Waals surface area (Å²) in [5.41, 5.74) is 0.475. The molecule has 0 radical (unpaired) electrons. The summed E-state index contributed by atoms with van der Waals surface area (Å²) in [6.45, 7) is -0.365. The minimum atomic E-state index is -1.06. The molecule has 0 atom stereocenters. The molecule has 1 N–H and O–H groups in total. The van der Waals surface area contributed by atoms with Crippen LogP contribution in [0.1, 0.15) is 0 Å². The molecule has 0 aromatic carbocycles. The molecule has 2 aromatic rings. The quantitative estimate of drug-likeness (QED) is 0.941. The summed E-state index contributed by atoms with van der Waals surface area (Å²) in [6.07, 6.45) is 0. The van der Waals surface area contributed by atoms with Crippen LogP contribution in [0, 0.1) is 0 Å². The lowest BCUT2D eigenvalue weighted by atomic mass is 10.3. The average Bonchev–Trinajstić information content (AvgIpc) is 2.75. The zero-order chi connectivity index (χ0) is 11.7. The molecule has 5 nitrogen and oxygen atoms in total. The van der Waals surface area contributed by atoms with Crippen molar-refractivity contribution >= 4 is 33.2 Å². The van der Waals surface area contributed by atoms with Crippen molar-refractivity contribution in [2.45, 2.75) is 6.54 Å². The summed E-state index contributed by atoms with van der Waals surface area (Å²) in [5.74, 6) is -0.598. The van der Waals surface area contributed by atoms with Crippen LogP contribution in [0.25, 0.3) is 11.5 Å². The van der Waals surface area contributed by atoms with E-state index < -0.39 is 5.97 Å². The van der Waals surface area contributed by atoms with Crippen molar-refractivity contribution in [3.63, 3.8) is 0 Å². The fourth-order valence-corrected chi connectivity index (χ4v) is 2.31. The van der Waals surface area contributed by atoms with Gasteiger partial charge in [-0.15, -0.1) is 0 Å². The summed E-state index contributed by atoms with van der Waals surface area (Å²) in [6, 6.07) is 3.35. The summed E-state index contributed by atoms with van der Waals surface area (Å²) in [5, 5.41) is 10.3. The van der Waals surface area contributed by atoms with Gasteiger partial charge in [-0.1, -0.05) is 11.3 Å². The van der Waals surface area contributed by atoms with Gasteiger partial charge in [0.1, 0.15) is 6.54 Å². The van der Waals surface area contributed by atoms with Crippen molar-refractivity contribution in [1.29, 1.82) is 0 Å². The molecule has 0 aliphatic heterocycles. The van der Waals surface area contributed by atoms with Crippen LogP contribution in [0.3, 0.4) is 0 Å². The van der Waals surface area contributed by atoms with Crippen LogP contribution in [0.15, 0.2) is 31.4 Å². The molecule has 16 heavy (non-hydrogen) atoms. The first kappa shape index (κ1) is 11.2. The molecule has 0 unspecified atom stereocenters.